The van der Waals surface area contributed by atoms with Gasteiger partial charge in [-0.2, -0.15) is 0 Å². The van der Waals surface area contributed by atoms with Gasteiger partial charge in [0.25, 0.3) is 5.91 Å². The number of aliphatic carboxylic acids is 1. The van der Waals surface area contributed by atoms with Gasteiger partial charge in [-0.25, -0.2) is 9.98 Å². The van der Waals surface area contributed by atoms with Crippen LogP contribution in [0.2, 0.25) is 0 Å². The summed E-state index contributed by atoms with van der Waals surface area (Å²) in [5.41, 5.74) is 14.5. The van der Waals surface area contributed by atoms with Crippen molar-refractivity contribution in [3.8, 4) is 0 Å². The van der Waals surface area contributed by atoms with Crippen LogP contribution >= 0.6 is 0 Å². The van der Waals surface area contributed by atoms with Gasteiger partial charge in [0.15, 0.2) is 5.96 Å². The largest absolute Gasteiger partial charge is 0.481 e. The van der Waals surface area contributed by atoms with E-state index in [1.165, 1.54) is 0 Å². The van der Waals surface area contributed by atoms with Crippen LogP contribution in [0.4, 0.5) is 11.4 Å². The number of imidazole rings is 1. The molecule has 0 spiro atoms. The third-order valence-electron chi connectivity index (χ3n) is 5.09. The first-order chi connectivity index (χ1) is 15.9. The number of nitrogens with one attached hydrogen (secondary N) is 1. The number of fused-ring (bicyclic) bond motifs is 1. The molecule has 1 atom stereocenters. The minimum Gasteiger partial charge on any atom is -0.481 e. The van der Waals surface area contributed by atoms with Crippen molar-refractivity contribution in [1.29, 1.82) is 0 Å². The van der Waals surface area contributed by atoms with Gasteiger partial charge in [-0.3, -0.25) is 9.59 Å². The second-order valence-corrected chi connectivity index (χ2v) is 7.42. The molecular weight excluding hydrogens is 420 g/mol. The number of rotatable bonds is 7. The topological polar surface area (TPSA) is 149 Å². The Balaban J connectivity index is 1.61. The van der Waals surface area contributed by atoms with Gasteiger partial charge in [0, 0.05) is 11.3 Å². The van der Waals surface area contributed by atoms with E-state index in [1.54, 1.807) is 42.7 Å². The number of nitrogens with zero attached hydrogens (tertiary/aromatic N) is 3. The Kier molecular flexibility index (Phi) is 6.03. The van der Waals surface area contributed by atoms with Gasteiger partial charge in [0.1, 0.15) is 0 Å². The summed E-state index contributed by atoms with van der Waals surface area (Å²) in [5.74, 6) is -1.32. The van der Waals surface area contributed by atoms with Crippen molar-refractivity contribution < 1.29 is 14.7 Å². The standard InChI is InChI=1S/C24H22N6O3/c25-24(26)29-17-8-4-7-16(11-17)23(33)28-18-9-10-20-19(12-18)27-14-30(20)21(13-22(31)32)15-5-2-1-3-6-15/h1-12,14,21H,13H2,(H,28,33)(H,31,32)(H4,25,26,29). The van der Waals surface area contributed by atoms with Crippen molar-refractivity contribution in [3.05, 3.63) is 90.3 Å². The molecule has 0 radical (unpaired) electrons. The summed E-state index contributed by atoms with van der Waals surface area (Å²) in [6, 6.07) is 20.9. The lowest BCUT2D eigenvalue weighted by Crippen LogP contribution is -2.21. The lowest BCUT2D eigenvalue weighted by atomic mass is 10.0. The fraction of sp³-hybridized carbons (Fsp3) is 0.0833. The lowest BCUT2D eigenvalue weighted by molar-refractivity contribution is -0.137. The number of benzene rings is 3. The molecule has 3 aromatic carbocycles. The highest BCUT2D eigenvalue weighted by Gasteiger charge is 2.20. The molecule has 33 heavy (non-hydrogen) atoms. The first-order valence-electron chi connectivity index (χ1n) is 10.1. The minimum absolute atomic E-state index is 0.0832. The molecule has 6 N–H and O–H groups in total. The number of carboxylic acid groups (broad SMARTS) is 1. The maximum Gasteiger partial charge on any atom is 0.305 e. The highest BCUT2D eigenvalue weighted by molar-refractivity contribution is 6.05. The number of hydrogen-bond donors (Lipinski definition) is 4. The van der Waals surface area contributed by atoms with Crippen LogP contribution < -0.4 is 16.8 Å². The fourth-order valence-corrected chi connectivity index (χ4v) is 3.64. The molecule has 1 aromatic heterocycles. The Hall–Kier alpha value is -4.66. The van der Waals surface area contributed by atoms with Crippen LogP contribution in [0.3, 0.4) is 0 Å². The summed E-state index contributed by atoms with van der Waals surface area (Å²) < 4.78 is 1.84. The molecule has 0 saturated carbocycles. The molecule has 9 nitrogen and oxygen atoms in total. The van der Waals surface area contributed by atoms with E-state index in [1.807, 2.05) is 41.0 Å². The van der Waals surface area contributed by atoms with E-state index in [9.17, 15) is 14.7 Å². The van der Waals surface area contributed by atoms with E-state index >= 15 is 0 Å². The second-order valence-electron chi connectivity index (χ2n) is 7.42. The van der Waals surface area contributed by atoms with Gasteiger partial charge in [-0.15, -0.1) is 0 Å². The molecule has 0 aliphatic carbocycles. The van der Waals surface area contributed by atoms with Crippen LogP contribution in [0.5, 0.6) is 0 Å². The number of hydrogen-bond acceptors (Lipinski definition) is 4. The summed E-state index contributed by atoms with van der Waals surface area (Å²) >= 11 is 0. The zero-order valence-electron chi connectivity index (χ0n) is 17.6. The summed E-state index contributed by atoms with van der Waals surface area (Å²) in [4.78, 5) is 32.6. The molecule has 4 rings (SSSR count). The maximum atomic E-state index is 12.7. The van der Waals surface area contributed by atoms with Crippen LogP contribution in [0, 0.1) is 0 Å². The van der Waals surface area contributed by atoms with Crippen LogP contribution in [0.1, 0.15) is 28.4 Å². The number of anilines is 1. The predicted molar refractivity (Wildman–Crippen MR) is 126 cm³/mol. The first-order valence-corrected chi connectivity index (χ1v) is 10.1. The van der Waals surface area contributed by atoms with Crippen LogP contribution in [0.25, 0.3) is 11.0 Å². The predicted octanol–water partition coefficient (Wildman–Crippen LogP) is 3.26. The quantitative estimate of drug-likeness (QED) is 0.255. The zero-order chi connectivity index (χ0) is 23.4. The molecule has 0 aliphatic rings. The molecular formula is C24H22N6O3. The molecule has 9 heteroatoms. The molecule has 1 unspecified atom stereocenters. The zero-order valence-corrected chi connectivity index (χ0v) is 17.6. The third-order valence-corrected chi connectivity index (χ3v) is 5.09. The van der Waals surface area contributed by atoms with E-state index in [0.717, 1.165) is 11.1 Å². The van der Waals surface area contributed by atoms with Gasteiger partial charge >= 0.3 is 5.97 Å². The molecule has 166 valence electrons. The van der Waals surface area contributed by atoms with Crippen molar-refractivity contribution in [2.75, 3.05) is 5.32 Å². The Morgan fingerprint density at radius 1 is 1.03 bits per heavy atom. The SMILES string of the molecule is NC(N)=Nc1cccc(C(=O)Nc2ccc3c(c2)ncn3C(CC(=O)O)c2ccccc2)c1. The number of aromatic nitrogens is 2. The van der Waals surface area contributed by atoms with E-state index in [4.69, 9.17) is 11.5 Å². The average Bonchev–Trinajstić information content (AvgIpc) is 3.20. The fourth-order valence-electron chi connectivity index (χ4n) is 3.64. The van der Waals surface area contributed by atoms with Crippen molar-refractivity contribution in [1.82, 2.24) is 9.55 Å². The molecule has 0 bridgehead atoms. The monoisotopic (exact) mass is 442 g/mol. The number of carbonyl (C=O) groups excluding carboxylic acids is 1. The maximum absolute atomic E-state index is 12.7. The van der Waals surface area contributed by atoms with E-state index in [0.29, 0.717) is 22.5 Å². The number of carboxylic acids is 1. The molecule has 4 aromatic rings. The van der Waals surface area contributed by atoms with Gasteiger partial charge < -0.3 is 26.5 Å². The lowest BCUT2D eigenvalue weighted by Gasteiger charge is -2.18. The number of guanidine groups is 1. The van der Waals surface area contributed by atoms with Gasteiger partial charge in [-0.05, 0) is 42.0 Å². The summed E-state index contributed by atoms with van der Waals surface area (Å²) in [6.45, 7) is 0. The van der Waals surface area contributed by atoms with Gasteiger partial charge in [-0.1, -0.05) is 36.4 Å². The van der Waals surface area contributed by atoms with Crippen LogP contribution in [0.15, 0.2) is 84.1 Å². The summed E-state index contributed by atoms with van der Waals surface area (Å²) in [6.07, 6.45) is 1.54. The van der Waals surface area contributed by atoms with E-state index in [2.05, 4.69) is 15.3 Å². The second kappa shape index (κ2) is 9.23. The normalized spacial score (nSPS) is 11.6. The first kappa shape index (κ1) is 21.6. The summed E-state index contributed by atoms with van der Waals surface area (Å²) in [7, 11) is 0. The minimum atomic E-state index is -0.905. The molecule has 0 fully saturated rings. The van der Waals surface area contributed by atoms with Gasteiger partial charge in [0.2, 0.25) is 0 Å². The van der Waals surface area contributed by atoms with Crippen LogP contribution in [-0.2, 0) is 4.79 Å². The van der Waals surface area contributed by atoms with Crippen molar-refractivity contribution in [2.24, 2.45) is 16.5 Å². The number of amides is 1. The Labute approximate surface area is 189 Å². The third kappa shape index (κ3) is 4.99. The number of aliphatic imine (C=N–C) groups is 1. The highest BCUT2D eigenvalue weighted by atomic mass is 16.4. The molecule has 1 amide bonds. The molecule has 1 heterocycles. The highest BCUT2D eigenvalue weighted by Crippen LogP contribution is 2.28. The molecule has 0 saturated heterocycles. The Morgan fingerprint density at radius 3 is 2.55 bits per heavy atom. The number of nitrogens with two attached hydrogens (primary N) is 2. The Bertz CT molecular complexity index is 1340. The van der Waals surface area contributed by atoms with Crippen LogP contribution in [-0.4, -0.2) is 32.5 Å². The van der Waals surface area contributed by atoms with Crippen molar-refractivity contribution >= 4 is 40.2 Å². The van der Waals surface area contributed by atoms with Crippen molar-refractivity contribution in [2.45, 2.75) is 12.5 Å². The Morgan fingerprint density at radius 2 is 1.82 bits per heavy atom. The number of carbonyl (C=O) groups is 2. The summed E-state index contributed by atoms with van der Waals surface area (Å²) in [5, 5.41) is 12.3. The van der Waals surface area contributed by atoms with Crippen molar-refractivity contribution in [3.63, 3.8) is 0 Å². The van der Waals surface area contributed by atoms with E-state index in [-0.39, 0.29) is 18.3 Å². The average molecular weight is 442 g/mol. The molecule has 0 aliphatic heterocycles. The smallest absolute Gasteiger partial charge is 0.305 e. The van der Waals surface area contributed by atoms with Gasteiger partial charge in [0.05, 0.1) is 35.5 Å². The van der Waals surface area contributed by atoms with E-state index < -0.39 is 12.0 Å².